The number of carbonyl (C=O) groups is 1. The van der Waals surface area contributed by atoms with E-state index >= 15 is 0 Å². The monoisotopic (exact) mass is 433 g/mol. The van der Waals surface area contributed by atoms with E-state index in [1.54, 1.807) is 0 Å². The van der Waals surface area contributed by atoms with Crippen molar-refractivity contribution in [2.24, 2.45) is 0 Å². The molecule has 0 radical (unpaired) electrons. The Labute approximate surface area is 186 Å². The number of halogens is 1. The number of aryl methyl sites for hydroxylation is 2. The molecule has 5 nitrogen and oxygen atoms in total. The zero-order valence-electron chi connectivity index (χ0n) is 17.3. The summed E-state index contributed by atoms with van der Waals surface area (Å²) in [6.07, 6.45) is 0.807. The highest BCUT2D eigenvalue weighted by molar-refractivity contribution is 6.30. The molecule has 1 amide bonds. The minimum absolute atomic E-state index is 0.0947. The van der Waals surface area contributed by atoms with Gasteiger partial charge < -0.3 is 14.6 Å². The summed E-state index contributed by atoms with van der Waals surface area (Å²) in [6.45, 7) is 3.61. The molecule has 0 bridgehead atoms. The van der Waals surface area contributed by atoms with E-state index in [1.807, 2.05) is 73.7 Å². The SMILES string of the molecule is Cc1ccccc1C(=O)NCc1nc2ccccc2n1CCCOc1ccc(Cl)cc1. The number of rotatable bonds is 8. The highest BCUT2D eigenvalue weighted by atomic mass is 35.5. The average Bonchev–Trinajstić information content (AvgIpc) is 3.14. The van der Waals surface area contributed by atoms with E-state index in [0.717, 1.165) is 41.1 Å². The number of imidazole rings is 1. The molecule has 3 aromatic carbocycles. The van der Waals surface area contributed by atoms with Crippen LogP contribution in [0.2, 0.25) is 5.02 Å². The van der Waals surface area contributed by atoms with Crippen LogP contribution in [0, 0.1) is 6.92 Å². The maximum atomic E-state index is 12.6. The van der Waals surface area contributed by atoms with Crippen LogP contribution < -0.4 is 10.1 Å². The van der Waals surface area contributed by atoms with Crippen LogP contribution >= 0.6 is 11.6 Å². The Morgan fingerprint density at radius 1 is 1.03 bits per heavy atom. The fraction of sp³-hybridized carbons (Fsp3) is 0.200. The molecule has 0 aliphatic rings. The second kappa shape index (κ2) is 9.67. The van der Waals surface area contributed by atoms with Gasteiger partial charge in [0.25, 0.3) is 5.91 Å². The van der Waals surface area contributed by atoms with Crippen molar-refractivity contribution in [2.75, 3.05) is 6.61 Å². The van der Waals surface area contributed by atoms with Gasteiger partial charge in [-0.15, -0.1) is 0 Å². The molecule has 0 aliphatic heterocycles. The number of benzene rings is 3. The number of hydrogen-bond donors (Lipinski definition) is 1. The lowest BCUT2D eigenvalue weighted by Gasteiger charge is -2.12. The number of hydrogen-bond acceptors (Lipinski definition) is 3. The van der Waals surface area contributed by atoms with Gasteiger partial charge in [-0.2, -0.15) is 0 Å². The fourth-order valence-corrected chi connectivity index (χ4v) is 3.66. The minimum atomic E-state index is -0.0947. The summed E-state index contributed by atoms with van der Waals surface area (Å²) < 4.78 is 7.97. The van der Waals surface area contributed by atoms with E-state index in [4.69, 9.17) is 21.3 Å². The van der Waals surface area contributed by atoms with Crippen LogP contribution in [0.4, 0.5) is 0 Å². The summed E-state index contributed by atoms with van der Waals surface area (Å²) in [4.78, 5) is 17.4. The van der Waals surface area contributed by atoms with Crippen LogP contribution in [-0.4, -0.2) is 22.1 Å². The minimum Gasteiger partial charge on any atom is -0.494 e. The quantitative estimate of drug-likeness (QED) is 0.378. The molecular weight excluding hydrogens is 410 g/mol. The molecule has 0 spiro atoms. The standard InChI is InChI=1S/C25H24ClN3O2/c1-18-7-2-3-8-21(18)25(30)27-17-24-28-22-9-4-5-10-23(22)29(24)15-6-16-31-20-13-11-19(26)12-14-20/h2-5,7-14H,6,15-17H2,1H3,(H,27,30). The molecule has 1 aromatic heterocycles. The third-order valence-corrected chi connectivity index (χ3v) is 5.39. The van der Waals surface area contributed by atoms with Crippen molar-refractivity contribution in [1.29, 1.82) is 0 Å². The number of ether oxygens (including phenoxy) is 1. The van der Waals surface area contributed by atoms with Crippen molar-refractivity contribution in [3.05, 3.63) is 94.8 Å². The summed E-state index contributed by atoms with van der Waals surface area (Å²) in [6, 6.07) is 22.9. The lowest BCUT2D eigenvalue weighted by Crippen LogP contribution is -2.25. The van der Waals surface area contributed by atoms with Crippen molar-refractivity contribution in [3.63, 3.8) is 0 Å². The van der Waals surface area contributed by atoms with Crippen molar-refractivity contribution in [1.82, 2.24) is 14.9 Å². The molecule has 0 aliphatic carbocycles. The van der Waals surface area contributed by atoms with E-state index in [1.165, 1.54) is 0 Å². The van der Waals surface area contributed by atoms with Crippen molar-refractivity contribution < 1.29 is 9.53 Å². The van der Waals surface area contributed by atoms with Gasteiger partial charge in [0.05, 0.1) is 24.2 Å². The summed E-state index contributed by atoms with van der Waals surface area (Å²) in [5.74, 6) is 1.53. The number of aromatic nitrogens is 2. The van der Waals surface area contributed by atoms with Gasteiger partial charge in [0.15, 0.2) is 0 Å². The zero-order chi connectivity index (χ0) is 21.6. The fourth-order valence-electron chi connectivity index (χ4n) is 3.54. The van der Waals surface area contributed by atoms with Crippen LogP contribution in [0.25, 0.3) is 11.0 Å². The topological polar surface area (TPSA) is 56.2 Å². The summed E-state index contributed by atoms with van der Waals surface area (Å²) in [7, 11) is 0. The van der Waals surface area contributed by atoms with E-state index < -0.39 is 0 Å². The Hall–Kier alpha value is -3.31. The molecule has 1 N–H and O–H groups in total. The molecule has 0 atom stereocenters. The van der Waals surface area contributed by atoms with E-state index in [9.17, 15) is 4.79 Å². The average molecular weight is 434 g/mol. The Morgan fingerprint density at radius 2 is 1.77 bits per heavy atom. The molecule has 0 saturated carbocycles. The van der Waals surface area contributed by atoms with Crippen LogP contribution in [0.5, 0.6) is 5.75 Å². The summed E-state index contributed by atoms with van der Waals surface area (Å²) in [5.41, 5.74) is 3.60. The van der Waals surface area contributed by atoms with Crippen molar-refractivity contribution in [3.8, 4) is 5.75 Å². The van der Waals surface area contributed by atoms with Crippen LogP contribution in [0.3, 0.4) is 0 Å². The van der Waals surface area contributed by atoms with Gasteiger partial charge in [0.2, 0.25) is 0 Å². The predicted octanol–water partition coefficient (Wildman–Crippen LogP) is 5.40. The van der Waals surface area contributed by atoms with E-state index in [-0.39, 0.29) is 5.91 Å². The number of para-hydroxylation sites is 2. The van der Waals surface area contributed by atoms with Gasteiger partial charge in [0.1, 0.15) is 11.6 Å². The molecule has 4 rings (SSSR count). The maximum Gasteiger partial charge on any atom is 0.251 e. The lowest BCUT2D eigenvalue weighted by atomic mass is 10.1. The van der Waals surface area contributed by atoms with Gasteiger partial charge in [0, 0.05) is 17.1 Å². The third kappa shape index (κ3) is 5.06. The molecule has 1 heterocycles. The molecule has 0 fully saturated rings. The van der Waals surface area contributed by atoms with Gasteiger partial charge in [-0.05, 0) is 61.4 Å². The molecular formula is C25H24ClN3O2. The van der Waals surface area contributed by atoms with Gasteiger partial charge >= 0.3 is 0 Å². The number of nitrogens with one attached hydrogen (secondary N) is 1. The zero-order valence-corrected chi connectivity index (χ0v) is 18.1. The second-order valence-electron chi connectivity index (χ2n) is 7.32. The Bertz CT molecular complexity index is 1190. The smallest absolute Gasteiger partial charge is 0.251 e. The highest BCUT2D eigenvalue weighted by Crippen LogP contribution is 2.18. The predicted molar refractivity (Wildman–Crippen MR) is 124 cm³/mol. The van der Waals surface area contributed by atoms with Crippen molar-refractivity contribution in [2.45, 2.75) is 26.4 Å². The van der Waals surface area contributed by atoms with E-state index in [0.29, 0.717) is 23.7 Å². The first-order valence-electron chi connectivity index (χ1n) is 10.3. The molecule has 158 valence electrons. The Balaban J connectivity index is 1.43. The van der Waals surface area contributed by atoms with Gasteiger partial charge in [-0.1, -0.05) is 41.9 Å². The van der Waals surface area contributed by atoms with Crippen molar-refractivity contribution >= 4 is 28.5 Å². The van der Waals surface area contributed by atoms with Crippen LogP contribution in [0.1, 0.15) is 28.2 Å². The normalized spacial score (nSPS) is 10.9. The number of fused-ring (bicyclic) bond motifs is 1. The molecule has 0 unspecified atom stereocenters. The second-order valence-corrected chi connectivity index (χ2v) is 7.76. The van der Waals surface area contributed by atoms with Gasteiger partial charge in [-0.3, -0.25) is 4.79 Å². The first-order valence-corrected chi connectivity index (χ1v) is 10.7. The molecule has 31 heavy (non-hydrogen) atoms. The first-order chi connectivity index (χ1) is 15.1. The molecule has 4 aromatic rings. The summed E-state index contributed by atoms with van der Waals surface area (Å²) in [5, 5.41) is 3.70. The van der Waals surface area contributed by atoms with Crippen LogP contribution in [0.15, 0.2) is 72.8 Å². The highest BCUT2D eigenvalue weighted by Gasteiger charge is 2.13. The number of amides is 1. The Morgan fingerprint density at radius 3 is 2.58 bits per heavy atom. The molecule has 6 heteroatoms. The Kier molecular flexibility index (Phi) is 6.53. The first kappa shape index (κ1) is 20.9. The van der Waals surface area contributed by atoms with Gasteiger partial charge in [-0.25, -0.2) is 4.98 Å². The lowest BCUT2D eigenvalue weighted by molar-refractivity contribution is 0.0949. The van der Waals surface area contributed by atoms with Crippen LogP contribution in [-0.2, 0) is 13.1 Å². The number of nitrogens with zero attached hydrogens (tertiary/aromatic N) is 2. The van der Waals surface area contributed by atoms with E-state index in [2.05, 4.69) is 16.0 Å². The molecule has 0 saturated heterocycles. The number of carbonyl (C=O) groups excluding carboxylic acids is 1. The largest absolute Gasteiger partial charge is 0.494 e. The summed E-state index contributed by atoms with van der Waals surface area (Å²) >= 11 is 5.92. The third-order valence-electron chi connectivity index (χ3n) is 5.14. The maximum absolute atomic E-state index is 12.6.